The second kappa shape index (κ2) is 6.03. The predicted molar refractivity (Wildman–Crippen MR) is 105 cm³/mol. The zero-order valence-corrected chi connectivity index (χ0v) is 17.0. The highest BCUT2D eigenvalue weighted by molar-refractivity contribution is 6.20. The van der Waals surface area contributed by atoms with Gasteiger partial charge in [0.2, 0.25) is 17.4 Å². The molecule has 3 fully saturated rings. The number of ether oxygens (including phenoxy) is 1. The molecule has 1 aromatic heterocycles. The van der Waals surface area contributed by atoms with Crippen molar-refractivity contribution in [1.82, 2.24) is 15.8 Å². The highest BCUT2D eigenvalue weighted by Gasteiger charge is 2.63. The molecule has 1 aliphatic carbocycles. The van der Waals surface area contributed by atoms with E-state index < -0.39 is 41.2 Å². The van der Waals surface area contributed by atoms with Crippen LogP contribution in [0.25, 0.3) is 11.0 Å². The Balaban J connectivity index is 1.61. The van der Waals surface area contributed by atoms with Gasteiger partial charge in [-0.05, 0) is 38.3 Å². The Morgan fingerprint density at radius 3 is 2.58 bits per heavy atom. The summed E-state index contributed by atoms with van der Waals surface area (Å²) in [5.74, 6) is -1.69. The van der Waals surface area contributed by atoms with E-state index in [4.69, 9.17) is 9.26 Å². The Morgan fingerprint density at radius 2 is 1.90 bits per heavy atom. The summed E-state index contributed by atoms with van der Waals surface area (Å²) in [4.78, 5) is 39.9. The number of hydrogen-bond donors (Lipinski definition) is 2. The molecule has 3 atom stereocenters. The number of morpholine rings is 1. The Bertz CT molecular complexity index is 1150. The Kier molecular flexibility index (Phi) is 3.64. The van der Waals surface area contributed by atoms with Crippen molar-refractivity contribution in [3.63, 3.8) is 0 Å². The number of benzene rings is 1. The van der Waals surface area contributed by atoms with E-state index >= 15 is 4.39 Å². The Labute approximate surface area is 176 Å². The van der Waals surface area contributed by atoms with E-state index in [0.29, 0.717) is 22.3 Å². The van der Waals surface area contributed by atoms with Crippen LogP contribution in [0, 0.1) is 11.2 Å². The number of amides is 4. The largest absolute Gasteiger partial charge is 0.372 e. The molecule has 0 unspecified atom stereocenters. The standard InChI is InChI=1S/C21H21FN4O5/c1-8-7-26-15-11(5-12-14(10-3-4-10)25-31-16(12)13(15)22)6-21(17(26)9(2)30-8)18(27)23-20(29)24-19(21)28/h5,8-10,17H,3-4,6-7H2,1-2H3,(H2,23,24,27,28,29)/t8-,9+,17-/m0/s1. The first-order valence-electron chi connectivity index (χ1n) is 10.5. The average Bonchev–Trinajstić information content (AvgIpc) is 3.44. The number of barbiturate groups is 1. The number of carbonyl (C=O) groups is 3. The molecule has 1 saturated carbocycles. The third-order valence-electron chi connectivity index (χ3n) is 6.96. The number of fused-ring (bicyclic) bond motifs is 5. The number of anilines is 1. The van der Waals surface area contributed by atoms with Crippen molar-refractivity contribution in [1.29, 1.82) is 0 Å². The molecule has 1 spiro atoms. The van der Waals surface area contributed by atoms with Crippen LogP contribution in [0.15, 0.2) is 10.6 Å². The number of nitrogens with one attached hydrogen (secondary N) is 2. The molecule has 6 rings (SSSR count). The van der Waals surface area contributed by atoms with E-state index in [1.165, 1.54) is 0 Å². The van der Waals surface area contributed by atoms with Crippen LogP contribution < -0.4 is 15.5 Å². The maximum absolute atomic E-state index is 15.8. The fourth-order valence-electron chi connectivity index (χ4n) is 5.62. The molecule has 10 heteroatoms. The van der Waals surface area contributed by atoms with Crippen molar-refractivity contribution in [2.24, 2.45) is 5.41 Å². The molecule has 31 heavy (non-hydrogen) atoms. The van der Waals surface area contributed by atoms with Crippen molar-refractivity contribution < 1.29 is 28.0 Å². The number of carbonyl (C=O) groups excluding carboxylic acids is 3. The first-order valence-corrected chi connectivity index (χ1v) is 10.5. The maximum atomic E-state index is 15.8. The van der Waals surface area contributed by atoms with E-state index in [9.17, 15) is 14.4 Å². The van der Waals surface area contributed by atoms with Gasteiger partial charge in [-0.1, -0.05) is 5.16 Å². The van der Waals surface area contributed by atoms with Crippen molar-refractivity contribution >= 4 is 34.5 Å². The topological polar surface area (TPSA) is 114 Å². The molecular formula is C21H21FN4O5. The second-order valence-corrected chi connectivity index (χ2v) is 9.05. The Hall–Kier alpha value is -3.01. The normalized spacial score (nSPS) is 29.6. The fourth-order valence-corrected chi connectivity index (χ4v) is 5.62. The van der Waals surface area contributed by atoms with Gasteiger partial charge in [-0.3, -0.25) is 20.2 Å². The lowest BCUT2D eigenvalue weighted by atomic mass is 9.66. The number of rotatable bonds is 1. The molecule has 2 N–H and O–H groups in total. The van der Waals surface area contributed by atoms with Gasteiger partial charge >= 0.3 is 6.03 Å². The van der Waals surface area contributed by atoms with Gasteiger partial charge in [0.15, 0.2) is 11.2 Å². The first kappa shape index (κ1) is 18.7. The number of halogens is 1. The SMILES string of the molecule is C[C@H]1CN2c3c(cc4c(C5CC5)noc4c3F)CC3(C(=O)NC(=O)NC3=O)[C@@H]2[C@@H](C)O1. The Morgan fingerprint density at radius 1 is 1.19 bits per heavy atom. The first-order chi connectivity index (χ1) is 14.8. The summed E-state index contributed by atoms with van der Waals surface area (Å²) < 4.78 is 27.1. The summed E-state index contributed by atoms with van der Waals surface area (Å²) in [5.41, 5.74) is 0.00455. The molecule has 4 aliphatic rings. The molecule has 0 radical (unpaired) electrons. The zero-order valence-electron chi connectivity index (χ0n) is 17.0. The van der Waals surface area contributed by atoms with Gasteiger partial charge in [0.25, 0.3) is 0 Å². The van der Waals surface area contributed by atoms with Gasteiger partial charge in [0.05, 0.1) is 29.6 Å². The summed E-state index contributed by atoms with van der Waals surface area (Å²) >= 11 is 0. The lowest BCUT2D eigenvalue weighted by molar-refractivity contribution is -0.153. The monoisotopic (exact) mass is 428 g/mol. The third-order valence-corrected chi connectivity index (χ3v) is 6.96. The highest BCUT2D eigenvalue weighted by Crippen LogP contribution is 2.50. The molecule has 1 aromatic carbocycles. The van der Waals surface area contributed by atoms with Crippen molar-refractivity contribution in [2.75, 3.05) is 11.4 Å². The average molecular weight is 428 g/mol. The summed E-state index contributed by atoms with van der Waals surface area (Å²) in [6, 6.07) is 0.145. The summed E-state index contributed by atoms with van der Waals surface area (Å²) in [6.07, 6.45) is 1.07. The van der Waals surface area contributed by atoms with Gasteiger partial charge in [0, 0.05) is 24.3 Å². The number of urea groups is 1. The maximum Gasteiger partial charge on any atom is 0.328 e. The van der Waals surface area contributed by atoms with Crippen LogP contribution >= 0.6 is 0 Å². The van der Waals surface area contributed by atoms with Crippen molar-refractivity contribution in [2.45, 2.75) is 57.3 Å². The third kappa shape index (κ3) is 2.39. The summed E-state index contributed by atoms with van der Waals surface area (Å²) in [7, 11) is 0. The number of hydrogen-bond acceptors (Lipinski definition) is 7. The van der Waals surface area contributed by atoms with Crippen molar-refractivity contribution in [3.05, 3.63) is 23.1 Å². The zero-order chi connectivity index (χ0) is 21.7. The molecule has 2 aromatic rings. The van der Waals surface area contributed by atoms with Crippen LogP contribution in [-0.2, 0) is 20.7 Å². The van der Waals surface area contributed by atoms with E-state index in [1.54, 1.807) is 17.9 Å². The van der Waals surface area contributed by atoms with Gasteiger partial charge in [0.1, 0.15) is 0 Å². The minimum atomic E-state index is -1.63. The molecule has 9 nitrogen and oxygen atoms in total. The molecule has 3 aliphatic heterocycles. The molecular weight excluding hydrogens is 407 g/mol. The van der Waals surface area contributed by atoms with Crippen LogP contribution in [0.5, 0.6) is 0 Å². The number of aromatic nitrogens is 1. The van der Waals surface area contributed by atoms with E-state index in [-0.39, 0.29) is 30.6 Å². The van der Waals surface area contributed by atoms with E-state index in [1.807, 2.05) is 6.92 Å². The van der Waals surface area contributed by atoms with Crippen LogP contribution in [0.1, 0.15) is 43.9 Å². The van der Waals surface area contributed by atoms with Crippen LogP contribution in [0.4, 0.5) is 14.9 Å². The van der Waals surface area contributed by atoms with Gasteiger partial charge in [-0.15, -0.1) is 0 Å². The minimum Gasteiger partial charge on any atom is -0.372 e. The lowest BCUT2D eigenvalue weighted by Gasteiger charge is -2.55. The molecule has 0 bridgehead atoms. The van der Waals surface area contributed by atoms with E-state index in [2.05, 4.69) is 15.8 Å². The molecule has 4 heterocycles. The quantitative estimate of drug-likeness (QED) is 0.665. The van der Waals surface area contributed by atoms with Gasteiger partial charge < -0.3 is 14.2 Å². The second-order valence-electron chi connectivity index (χ2n) is 9.05. The lowest BCUT2D eigenvalue weighted by Crippen LogP contribution is -2.75. The van der Waals surface area contributed by atoms with Gasteiger partial charge in [-0.2, -0.15) is 0 Å². The molecule has 2 saturated heterocycles. The molecule has 162 valence electrons. The highest BCUT2D eigenvalue weighted by atomic mass is 19.1. The fraction of sp³-hybridized carbons (Fsp3) is 0.524. The van der Waals surface area contributed by atoms with Gasteiger partial charge in [-0.25, -0.2) is 9.18 Å². The molecule has 4 amide bonds. The van der Waals surface area contributed by atoms with Crippen LogP contribution in [-0.4, -0.2) is 47.8 Å². The van der Waals surface area contributed by atoms with Crippen LogP contribution in [0.2, 0.25) is 0 Å². The van der Waals surface area contributed by atoms with Crippen LogP contribution in [0.3, 0.4) is 0 Å². The van der Waals surface area contributed by atoms with Crippen molar-refractivity contribution in [3.8, 4) is 0 Å². The predicted octanol–water partition coefficient (Wildman–Crippen LogP) is 1.73. The number of nitrogens with zero attached hydrogens (tertiary/aromatic N) is 2. The van der Waals surface area contributed by atoms with E-state index in [0.717, 1.165) is 12.8 Å². The smallest absolute Gasteiger partial charge is 0.328 e. The number of imide groups is 2. The summed E-state index contributed by atoms with van der Waals surface area (Å²) in [6.45, 7) is 3.89. The summed E-state index contributed by atoms with van der Waals surface area (Å²) in [5, 5.41) is 9.16. The minimum absolute atomic E-state index is 0.0569.